The summed E-state index contributed by atoms with van der Waals surface area (Å²) in [6, 6.07) is 1.99. The zero-order valence-corrected chi connectivity index (χ0v) is 13.2. The molecule has 0 unspecified atom stereocenters. The van der Waals surface area contributed by atoms with E-state index in [-0.39, 0.29) is 17.9 Å². The van der Waals surface area contributed by atoms with Gasteiger partial charge in [-0.2, -0.15) is 5.10 Å². The van der Waals surface area contributed by atoms with Gasteiger partial charge in [0.1, 0.15) is 5.76 Å². The third kappa shape index (κ3) is 2.67. The fourth-order valence-electron chi connectivity index (χ4n) is 3.60. The van der Waals surface area contributed by atoms with Crippen LogP contribution in [0.1, 0.15) is 58.6 Å². The molecule has 0 saturated carbocycles. The van der Waals surface area contributed by atoms with Crippen LogP contribution in [0.25, 0.3) is 0 Å². The van der Waals surface area contributed by atoms with Gasteiger partial charge in [0.25, 0.3) is 5.91 Å². The largest absolute Gasteiger partial charge is 0.469 e. The Hall–Kier alpha value is -2.08. The van der Waals surface area contributed by atoms with Crippen molar-refractivity contribution in [1.29, 1.82) is 0 Å². The molecule has 2 aromatic heterocycles. The van der Waals surface area contributed by atoms with Crippen molar-refractivity contribution in [1.82, 2.24) is 15.1 Å². The van der Waals surface area contributed by atoms with Gasteiger partial charge >= 0.3 is 0 Å². The Morgan fingerprint density at radius 2 is 2.35 bits per heavy atom. The van der Waals surface area contributed by atoms with Crippen molar-refractivity contribution in [3.63, 3.8) is 0 Å². The topological polar surface area (TPSA) is 69.3 Å². The SMILES string of the molecule is Cn1cc(C(=O)N[C@@H]2CCCc3occc32)c([C@H]2CCOC2)n1. The second-order valence-corrected chi connectivity index (χ2v) is 6.38. The number of rotatable bonds is 3. The number of ether oxygens (including phenoxy) is 1. The third-order valence-corrected chi connectivity index (χ3v) is 4.78. The summed E-state index contributed by atoms with van der Waals surface area (Å²) in [7, 11) is 1.85. The number of aryl methyl sites for hydroxylation is 2. The van der Waals surface area contributed by atoms with Gasteiger partial charge in [-0.15, -0.1) is 0 Å². The lowest BCUT2D eigenvalue weighted by molar-refractivity contribution is 0.0930. The van der Waals surface area contributed by atoms with Gasteiger partial charge in [-0.05, 0) is 25.3 Å². The minimum absolute atomic E-state index is 0.0258. The highest BCUT2D eigenvalue weighted by Crippen LogP contribution is 2.31. The number of carbonyl (C=O) groups is 1. The van der Waals surface area contributed by atoms with E-state index in [1.165, 1.54) is 0 Å². The quantitative estimate of drug-likeness (QED) is 0.944. The first-order valence-electron chi connectivity index (χ1n) is 8.21. The monoisotopic (exact) mass is 315 g/mol. The third-order valence-electron chi connectivity index (χ3n) is 4.78. The average Bonchev–Trinajstić information content (AvgIpc) is 3.27. The van der Waals surface area contributed by atoms with Crippen molar-refractivity contribution in [3.8, 4) is 0 Å². The lowest BCUT2D eigenvalue weighted by atomic mass is 9.93. The van der Waals surface area contributed by atoms with Crippen molar-refractivity contribution in [2.45, 2.75) is 37.6 Å². The molecule has 1 N–H and O–H groups in total. The van der Waals surface area contributed by atoms with E-state index in [9.17, 15) is 4.79 Å². The molecule has 2 aromatic rings. The lowest BCUT2D eigenvalue weighted by Crippen LogP contribution is -2.31. The van der Waals surface area contributed by atoms with E-state index in [1.54, 1.807) is 10.9 Å². The second kappa shape index (κ2) is 5.85. The zero-order valence-electron chi connectivity index (χ0n) is 13.2. The molecule has 2 atom stereocenters. The molecule has 1 amide bonds. The standard InChI is InChI=1S/C17H21N3O3/c1-20-9-13(16(19-20)11-5-7-22-10-11)17(21)18-14-3-2-4-15-12(14)6-8-23-15/h6,8-9,11,14H,2-5,7,10H2,1H3,(H,18,21)/t11-,14+/m0/s1. The molecule has 4 rings (SSSR count). The molecule has 3 heterocycles. The second-order valence-electron chi connectivity index (χ2n) is 6.38. The van der Waals surface area contributed by atoms with E-state index in [2.05, 4.69) is 10.4 Å². The van der Waals surface area contributed by atoms with Gasteiger partial charge in [-0.3, -0.25) is 9.48 Å². The Kier molecular flexibility index (Phi) is 3.69. The van der Waals surface area contributed by atoms with Gasteiger partial charge < -0.3 is 14.5 Å². The van der Waals surface area contributed by atoms with E-state index in [4.69, 9.17) is 9.15 Å². The van der Waals surface area contributed by atoms with E-state index >= 15 is 0 Å². The number of aromatic nitrogens is 2. The predicted octanol–water partition coefficient (Wildman–Crippen LogP) is 2.32. The van der Waals surface area contributed by atoms with Crippen LogP contribution in [-0.4, -0.2) is 28.9 Å². The molecule has 0 radical (unpaired) electrons. The summed E-state index contributed by atoms with van der Waals surface area (Å²) in [5.41, 5.74) is 2.63. The van der Waals surface area contributed by atoms with E-state index in [0.29, 0.717) is 12.2 Å². The van der Waals surface area contributed by atoms with Gasteiger partial charge in [0.15, 0.2) is 0 Å². The van der Waals surface area contributed by atoms with Crippen LogP contribution in [0.3, 0.4) is 0 Å². The Bertz CT molecular complexity index is 712. The Morgan fingerprint density at radius 1 is 1.43 bits per heavy atom. The zero-order chi connectivity index (χ0) is 15.8. The molecule has 0 bridgehead atoms. The van der Waals surface area contributed by atoms with Crippen molar-refractivity contribution in [3.05, 3.63) is 41.1 Å². The maximum atomic E-state index is 12.8. The maximum absolute atomic E-state index is 12.8. The van der Waals surface area contributed by atoms with Crippen LogP contribution < -0.4 is 5.32 Å². The predicted molar refractivity (Wildman–Crippen MR) is 83.2 cm³/mol. The van der Waals surface area contributed by atoms with E-state index in [1.807, 2.05) is 19.3 Å². The minimum Gasteiger partial charge on any atom is -0.469 e. The molecule has 6 heteroatoms. The maximum Gasteiger partial charge on any atom is 0.255 e. The number of carbonyl (C=O) groups excluding carboxylic acids is 1. The first-order valence-corrected chi connectivity index (χ1v) is 8.21. The van der Waals surface area contributed by atoms with Crippen LogP contribution in [0.2, 0.25) is 0 Å². The number of hydrogen-bond donors (Lipinski definition) is 1. The van der Waals surface area contributed by atoms with Gasteiger partial charge in [0.2, 0.25) is 0 Å². The molecule has 0 spiro atoms. The number of fused-ring (bicyclic) bond motifs is 1. The number of hydrogen-bond acceptors (Lipinski definition) is 4. The molecule has 0 aromatic carbocycles. The minimum atomic E-state index is -0.0564. The van der Waals surface area contributed by atoms with Crippen molar-refractivity contribution in [2.24, 2.45) is 7.05 Å². The molecule has 6 nitrogen and oxygen atoms in total. The Morgan fingerprint density at radius 3 is 3.17 bits per heavy atom. The van der Waals surface area contributed by atoms with Crippen molar-refractivity contribution < 1.29 is 13.9 Å². The highest BCUT2D eigenvalue weighted by molar-refractivity contribution is 5.95. The smallest absolute Gasteiger partial charge is 0.255 e. The van der Waals surface area contributed by atoms with Crippen molar-refractivity contribution in [2.75, 3.05) is 13.2 Å². The molecular weight excluding hydrogens is 294 g/mol. The summed E-state index contributed by atoms with van der Waals surface area (Å²) in [6.45, 7) is 1.38. The summed E-state index contributed by atoms with van der Waals surface area (Å²) in [5.74, 6) is 1.16. The number of amides is 1. The number of nitrogens with zero attached hydrogens (tertiary/aromatic N) is 2. The summed E-state index contributed by atoms with van der Waals surface area (Å²) in [4.78, 5) is 12.8. The van der Waals surface area contributed by atoms with Crippen LogP contribution in [0.15, 0.2) is 22.9 Å². The summed E-state index contributed by atoms with van der Waals surface area (Å²) >= 11 is 0. The highest BCUT2D eigenvalue weighted by Gasteiger charge is 2.29. The normalized spacial score (nSPS) is 23.7. The molecule has 122 valence electrons. The van der Waals surface area contributed by atoms with E-state index < -0.39 is 0 Å². The van der Waals surface area contributed by atoms with Gasteiger partial charge in [0, 0.05) is 37.8 Å². The van der Waals surface area contributed by atoms with Crippen LogP contribution >= 0.6 is 0 Å². The van der Waals surface area contributed by atoms with E-state index in [0.717, 1.165) is 49.3 Å². The van der Waals surface area contributed by atoms with Crippen molar-refractivity contribution >= 4 is 5.91 Å². The summed E-state index contributed by atoms with van der Waals surface area (Å²) in [5, 5.41) is 7.66. The van der Waals surface area contributed by atoms with Gasteiger partial charge in [0.05, 0.1) is 30.2 Å². The fraction of sp³-hybridized carbons (Fsp3) is 0.529. The summed E-state index contributed by atoms with van der Waals surface area (Å²) in [6.07, 6.45) is 7.36. The number of nitrogens with one attached hydrogen (secondary N) is 1. The van der Waals surface area contributed by atoms with Gasteiger partial charge in [-0.25, -0.2) is 0 Å². The van der Waals surface area contributed by atoms with Crippen LogP contribution in [0.5, 0.6) is 0 Å². The van der Waals surface area contributed by atoms with Crippen LogP contribution in [0, 0.1) is 0 Å². The average molecular weight is 315 g/mol. The summed E-state index contributed by atoms with van der Waals surface area (Å²) < 4.78 is 12.7. The molecule has 1 aliphatic heterocycles. The van der Waals surface area contributed by atoms with Crippen LogP contribution in [0.4, 0.5) is 0 Å². The molecular formula is C17H21N3O3. The molecule has 23 heavy (non-hydrogen) atoms. The lowest BCUT2D eigenvalue weighted by Gasteiger charge is -2.22. The molecule has 2 aliphatic rings. The fourth-order valence-corrected chi connectivity index (χ4v) is 3.60. The number of furan rings is 1. The molecule has 1 aliphatic carbocycles. The van der Waals surface area contributed by atoms with Gasteiger partial charge in [-0.1, -0.05) is 0 Å². The first-order chi connectivity index (χ1) is 11.2. The van der Waals surface area contributed by atoms with Crippen LogP contribution in [-0.2, 0) is 18.2 Å². The Labute approximate surface area is 134 Å². The molecule has 1 fully saturated rings. The molecule has 1 saturated heterocycles. The Balaban J connectivity index is 1.56. The highest BCUT2D eigenvalue weighted by atomic mass is 16.5. The first kappa shape index (κ1) is 14.5.